The lowest BCUT2D eigenvalue weighted by atomic mass is 10.1. The molecule has 17 heavy (non-hydrogen) atoms. The molecule has 1 aliphatic carbocycles. The van der Waals surface area contributed by atoms with Crippen molar-refractivity contribution in [3.05, 3.63) is 35.4 Å². The van der Waals surface area contributed by atoms with E-state index in [0.717, 1.165) is 25.5 Å². The Morgan fingerprint density at radius 1 is 1.29 bits per heavy atom. The number of hydrogen-bond acceptors (Lipinski definition) is 2. The molecule has 0 saturated carbocycles. The third-order valence-corrected chi connectivity index (χ3v) is 3.22. The first-order valence-electron chi connectivity index (χ1n) is 6.09. The first kappa shape index (κ1) is 11.8. The van der Waals surface area contributed by atoms with E-state index in [1.807, 2.05) is 12.1 Å². The predicted octanol–water partition coefficient (Wildman–Crippen LogP) is 1.50. The van der Waals surface area contributed by atoms with E-state index >= 15 is 0 Å². The summed E-state index contributed by atoms with van der Waals surface area (Å²) < 4.78 is 0. The zero-order valence-electron chi connectivity index (χ0n) is 9.82. The normalized spacial score (nSPS) is 14.4. The molecule has 1 aromatic rings. The molecule has 3 heteroatoms. The number of fused-ring (bicyclic) bond motifs is 1. The molecule has 1 N–H and O–H groups in total. The molecule has 0 aliphatic heterocycles. The number of unbranched alkanes of at least 4 members (excludes halogenated alkanes) is 1. The van der Waals surface area contributed by atoms with E-state index in [9.17, 15) is 9.59 Å². The van der Waals surface area contributed by atoms with Crippen LogP contribution in [0.4, 0.5) is 0 Å². The molecular formula is C14H17NO2. The van der Waals surface area contributed by atoms with Gasteiger partial charge in [0, 0.05) is 18.9 Å². The summed E-state index contributed by atoms with van der Waals surface area (Å²) in [7, 11) is 0. The highest BCUT2D eigenvalue weighted by Gasteiger charge is 2.26. The van der Waals surface area contributed by atoms with Crippen molar-refractivity contribution in [1.82, 2.24) is 5.32 Å². The molecule has 0 saturated heterocycles. The third kappa shape index (κ3) is 2.93. The molecule has 0 bridgehead atoms. The van der Waals surface area contributed by atoms with Gasteiger partial charge < -0.3 is 10.1 Å². The van der Waals surface area contributed by atoms with Gasteiger partial charge in [-0.3, -0.25) is 4.79 Å². The van der Waals surface area contributed by atoms with Crippen LogP contribution in [-0.2, 0) is 22.4 Å². The van der Waals surface area contributed by atoms with Crippen LogP contribution < -0.4 is 5.32 Å². The van der Waals surface area contributed by atoms with Crippen LogP contribution in [0.1, 0.15) is 24.0 Å². The summed E-state index contributed by atoms with van der Waals surface area (Å²) in [6.45, 7) is 0.602. The van der Waals surface area contributed by atoms with Gasteiger partial charge in [-0.1, -0.05) is 24.3 Å². The molecule has 1 aromatic carbocycles. The smallest absolute Gasteiger partial charge is 0.223 e. The average Bonchev–Trinajstić information content (AvgIpc) is 2.78. The Morgan fingerprint density at radius 3 is 2.53 bits per heavy atom. The molecule has 1 aliphatic rings. The van der Waals surface area contributed by atoms with Crippen LogP contribution in [0, 0.1) is 5.92 Å². The van der Waals surface area contributed by atoms with Crippen molar-refractivity contribution in [3.8, 4) is 0 Å². The zero-order chi connectivity index (χ0) is 12.1. The van der Waals surface area contributed by atoms with Gasteiger partial charge in [-0.2, -0.15) is 0 Å². The van der Waals surface area contributed by atoms with Gasteiger partial charge in [0.15, 0.2) is 0 Å². The minimum atomic E-state index is 0.0728. The Labute approximate surface area is 101 Å². The van der Waals surface area contributed by atoms with Crippen LogP contribution in [0.25, 0.3) is 0 Å². The Kier molecular flexibility index (Phi) is 3.91. The zero-order valence-corrected chi connectivity index (χ0v) is 9.82. The van der Waals surface area contributed by atoms with Crippen molar-refractivity contribution in [2.75, 3.05) is 6.54 Å². The molecule has 3 nitrogen and oxygen atoms in total. The number of aldehydes is 1. The molecule has 90 valence electrons. The second-order valence-electron chi connectivity index (χ2n) is 4.47. The lowest BCUT2D eigenvalue weighted by molar-refractivity contribution is -0.124. The van der Waals surface area contributed by atoms with Crippen LogP contribution >= 0.6 is 0 Å². The number of rotatable bonds is 5. The Bertz CT molecular complexity index is 389. The first-order valence-corrected chi connectivity index (χ1v) is 6.09. The van der Waals surface area contributed by atoms with Gasteiger partial charge in [-0.05, 0) is 30.4 Å². The summed E-state index contributed by atoms with van der Waals surface area (Å²) in [6.07, 6.45) is 3.82. The number of amides is 1. The maximum absolute atomic E-state index is 11.9. The fourth-order valence-electron chi connectivity index (χ4n) is 2.29. The first-order chi connectivity index (χ1) is 8.31. The molecule has 0 radical (unpaired) electrons. The fourth-order valence-corrected chi connectivity index (χ4v) is 2.29. The monoisotopic (exact) mass is 231 g/mol. The minimum absolute atomic E-state index is 0.0728. The maximum Gasteiger partial charge on any atom is 0.223 e. The minimum Gasteiger partial charge on any atom is -0.356 e. The number of benzene rings is 1. The molecule has 0 fully saturated rings. The maximum atomic E-state index is 11.9. The van der Waals surface area contributed by atoms with Crippen molar-refractivity contribution in [2.45, 2.75) is 25.7 Å². The summed E-state index contributed by atoms with van der Waals surface area (Å²) in [5.74, 6) is 0.190. The number of carbonyl (C=O) groups is 2. The van der Waals surface area contributed by atoms with Crippen molar-refractivity contribution >= 4 is 12.2 Å². The van der Waals surface area contributed by atoms with Gasteiger partial charge in [-0.15, -0.1) is 0 Å². The largest absolute Gasteiger partial charge is 0.356 e. The van der Waals surface area contributed by atoms with Crippen LogP contribution in [0.3, 0.4) is 0 Å². The van der Waals surface area contributed by atoms with E-state index in [-0.39, 0.29) is 11.8 Å². The predicted molar refractivity (Wildman–Crippen MR) is 65.6 cm³/mol. The molecular weight excluding hydrogens is 214 g/mol. The van der Waals surface area contributed by atoms with Crippen molar-refractivity contribution in [1.29, 1.82) is 0 Å². The summed E-state index contributed by atoms with van der Waals surface area (Å²) in [5.41, 5.74) is 2.58. The van der Waals surface area contributed by atoms with E-state index in [1.54, 1.807) is 0 Å². The summed E-state index contributed by atoms with van der Waals surface area (Å²) in [4.78, 5) is 22.0. The van der Waals surface area contributed by atoms with Crippen LogP contribution in [0.5, 0.6) is 0 Å². The van der Waals surface area contributed by atoms with Crippen molar-refractivity contribution in [2.24, 2.45) is 5.92 Å². The average molecular weight is 231 g/mol. The van der Waals surface area contributed by atoms with Crippen LogP contribution in [0.15, 0.2) is 24.3 Å². The molecule has 0 heterocycles. The highest BCUT2D eigenvalue weighted by atomic mass is 16.1. The molecule has 0 atom stereocenters. The third-order valence-electron chi connectivity index (χ3n) is 3.22. The van der Waals surface area contributed by atoms with Gasteiger partial charge in [-0.25, -0.2) is 0 Å². The van der Waals surface area contributed by atoms with Gasteiger partial charge in [0.25, 0.3) is 0 Å². The second kappa shape index (κ2) is 5.62. The van der Waals surface area contributed by atoms with Crippen molar-refractivity contribution < 1.29 is 9.59 Å². The lowest BCUT2D eigenvalue weighted by Crippen LogP contribution is -2.31. The van der Waals surface area contributed by atoms with Crippen molar-refractivity contribution in [3.63, 3.8) is 0 Å². The fraction of sp³-hybridized carbons (Fsp3) is 0.429. The Hall–Kier alpha value is -1.64. The van der Waals surface area contributed by atoms with E-state index in [2.05, 4.69) is 17.4 Å². The van der Waals surface area contributed by atoms with Gasteiger partial charge in [0.1, 0.15) is 6.29 Å². The topological polar surface area (TPSA) is 46.2 Å². The second-order valence-corrected chi connectivity index (χ2v) is 4.47. The highest BCUT2D eigenvalue weighted by Crippen LogP contribution is 2.26. The number of nitrogens with one attached hydrogen (secondary N) is 1. The summed E-state index contributed by atoms with van der Waals surface area (Å²) >= 11 is 0. The SMILES string of the molecule is O=CCCCNC(=O)C1Cc2ccccc2C1. The molecule has 1 amide bonds. The van der Waals surface area contributed by atoms with E-state index in [1.165, 1.54) is 11.1 Å². The molecule has 0 unspecified atom stereocenters. The lowest BCUT2D eigenvalue weighted by Gasteiger charge is -2.09. The molecule has 0 aromatic heterocycles. The van der Waals surface area contributed by atoms with E-state index in [0.29, 0.717) is 13.0 Å². The van der Waals surface area contributed by atoms with Crippen LogP contribution in [0.2, 0.25) is 0 Å². The summed E-state index contributed by atoms with van der Waals surface area (Å²) in [6, 6.07) is 8.22. The number of carbonyl (C=O) groups excluding carboxylic acids is 2. The van der Waals surface area contributed by atoms with Gasteiger partial charge >= 0.3 is 0 Å². The van der Waals surface area contributed by atoms with Gasteiger partial charge in [0.05, 0.1) is 0 Å². The van der Waals surface area contributed by atoms with E-state index < -0.39 is 0 Å². The Morgan fingerprint density at radius 2 is 1.94 bits per heavy atom. The highest BCUT2D eigenvalue weighted by molar-refractivity contribution is 5.80. The number of hydrogen-bond donors (Lipinski definition) is 1. The molecule has 0 spiro atoms. The standard InChI is InChI=1S/C14H17NO2/c16-8-4-3-7-15-14(17)13-9-11-5-1-2-6-12(11)10-13/h1-2,5-6,8,13H,3-4,7,9-10H2,(H,15,17). The van der Waals surface area contributed by atoms with Gasteiger partial charge in [0.2, 0.25) is 5.91 Å². The molecule has 2 rings (SSSR count). The van der Waals surface area contributed by atoms with E-state index in [4.69, 9.17) is 0 Å². The Balaban J connectivity index is 1.82. The van der Waals surface area contributed by atoms with Crippen LogP contribution in [-0.4, -0.2) is 18.7 Å². The summed E-state index contributed by atoms with van der Waals surface area (Å²) in [5, 5.41) is 2.90. The quantitative estimate of drug-likeness (QED) is 0.616.